The SMILES string of the molecule is CN(C)[C@@H]1C(=O)C(C(N)=O)=C(O)[C@@]2(O)C(=O)C3=C(O)c4c(O)c(C#CN)cc(CNC(=O)N5CCOCC5)c4C[C@H]3C[C@@H]12. The summed E-state index contributed by atoms with van der Waals surface area (Å²) in [5.41, 5.74) is 7.66. The lowest BCUT2D eigenvalue weighted by Crippen LogP contribution is -2.65. The Kier molecular flexibility index (Phi) is 7.59. The lowest BCUT2D eigenvalue weighted by Gasteiger charge is -2.50. The van der Waals surface area contributed by atoms with E-state index in [0.717, 1.165) is 0 Å². The number of primary amides is 1. The third-order valence-electron chi connectivity index (χ3n) is 8.75. The normalized spacial score (nSPS) is 26.8. The van der Waals surface area contributed by atoms with Gasteiger partial charge in [-0.05, 0) is 56.0 Å². The first kappa shape index (κ1) is 29.9. The number of nitrogens with two attached hydrogens (primary N) is 2. The van der Waals surface area contributed by atoms with E-state index in [0.29, 0.717) is 37.4 Å². The van der Waals surface area contributed by atoms with Gasteiger partial charge in [0, 0.05) is 37.2 Å². The molecular formula is C29H33N5O9. The summed E-state index contributed by atoms with van der Waals surface area (Å²) in [5.74, 6) is -4.97. The summed E-state index contributed by atoms with van der Waals surface area (Å²) in [6, 6.07) is 2.20. The maximum absolute atomic E-state index is 14.0. The number of ketones is 2. The highest BCUT2D eigenvalue weighted by Gasteiger charge is 2.64. The van der Waals surface area contributed by atoms with Gasteiger partial charge in [0.05, 0.1) is 30.4 Å². The van der Waals surface area contributed by atoms with E-state index in [1.165, 1.54) is 25.1 Å². The van der Waals surface area contributed by atoms with Gasteiger partial charge in [-0.3, -0.25) is 19.3 Å². The average molecular weight is 596 g/mol. The molecule has 5 rings (SSSR count). The zero-order valence-corrected chi connectivity index (χ0v) is 23.6. The van der Waals surface area contributed by atoms with Gasteiger partial charge in [0.1, 0.15) is 22.8 Å². The fourth-order valence-corrected chi connectivity index (χ4v) is 6.77. The number of morpholine rings is 1. The number of phenolic OH excluding ortho intramolecular Hbond substituents is 1. The minimum Gasteiger partial charge on any atom is -0.508 e. The van der Waals surface area contributed by atoms with Gasteiger partial charge in [-0.25, -0.2) is 4.79 Å². The second-order valence-electron chi connectivity index (χ2n) is 11.3. The molecule has 2 fully saturated rings. The molecular weight excluding hydrogens is 562 g/mol. The summed E-state index contributed by atoms with van der Waals surface area (Å²) in [7, 11) is 3.06. The van der Waals surface area contributed by atoms with Crippen molar-refractivity contribution in [3.05, 3.63) is 45.2 Å². The first-order chi connectivity index (χ1) is 20.3. The molecule has 3 aliphatic carbocycles. The van der Waals surface area contributed by atoms with E-state index < -0.39 is 63.8 Å². The Hall–Kier alpha value is -4.58. The summed E-state index contributed by atoms with van der Waals surface area (Å²) in [5, 5.41) is 48.2. The van der Waals surface area contributed by atoms with Crippen molar-refractivity contribution in [2.24, 2.45) is 23.3 Å². The van der Waals surface area contributed by atoms with Gasteiger partial charge >= 0.3 is 6.03 Å². The highest BCUT2D eigenvalue weighted by molar-refractivity contribution is 6.24. The predicted molar refractivity (Wildman–Crippen MR) is 150 cm³/mol. The number of carbonyl (C=O) groups is 4. The predicted octanol–water partition coefficient (Wildman–Crippen LogP) is -1.23. The first-order valence-electron chi connectivity index (χ1n) is 13.7. The first-order valence-corrected chi connectivity index (χ1v) is 13.7. The van der Waals surface area contributed by atoms with Crippen LogP contribution >= 0.6 is 0 Å². The molecule has 228 valence electrons. The van der Waals surface area contributed by atoms with Gasteiger partial charge in [-0.15, -0.1) is 0 Å². The fourth-order valence-electron chi connectivity index (χ4n) is 6.77. The fraction of sp³-hybridized carbons (Fsp3) is 0.448. The summed E-state index contributed by atoms with van der Waals surface area (Å²) in [4.78, 5) is 55.3. The molecule has 0 bridgehead atoms. The van der Waals surface area contributed by atoms with Gasteiger partial charge in [0.2, 0.25) is 5.78 Å². The molecule has 1 saturated carbocycles. The van der Waals surface area contributed by atoms with Crippen molar-refractivity contribution in [3.63, 3.8) is 0 Å². The number of phenols is 1. The van der Waals surface area contributed by atoms with Crippen LogP contribution in [0.4, 0.5) is 4.79 Å². The monoisotopic (exact) mass is 595 g/mol. The molecule has 4 aliphatic rings. The van der Waals surface area contributed by atoms with Gasteiger partial charge < -0.3 is 46.8 Å². The molecule has 1 aromatic carbocycles. The Bertz CT molecular complexity index is 1560. The van der Waals surface area contributed by atoms with Crippen LogP contribution in [-0.4, -0.2) is 106 Å². The van der Waals surface area contributed by atoms with Crippen molar-refractivity contribution in [1.82, 2.24) is 15.1 Å². The lowest BCUT2D eigenvalue weighted by atomic mass is 9.57. The molecule has 9 N–H and O–H groups in total. The highest BCUT2D eigenvalue weighted by Crippen LogP contribution is 2.53. The molecule has 14 heteroatoms. The van der Waals surface area contributed by atoms with Crippen LogP contribution in [0, 0.1) is 23.8 Å². The Morgan fingerprint density at radius 2 is 1.88 bits per heavy atom. The summed E-state index contributed by atoms with van der Waals surface area (Å²) >= 11 is 0. The van der Waals surface area contributed by atoms with Crippen LogP contribution in [0.25, 0.3) is 5.76 Å². The maximum atomic E-state index is 14.0. The van der Waals surface area contributed by atoms with Gasteiger partial charge in [0.25, 0.3) is 5.91 Å². The van der Waals surface area contributed by atoms with Crippen molar-refractivity contribution in [3.8, 4) is 17.7 Å². The largest absolute Gasteiger partial charge is 0.508 e. The van der Waals surface area contributed by atoms with Crippen LogP contribution in [0.15, 0.2) is 23.0 Å². The Morgan fingerprint density at radius 1 is 1.21 bits per heavy atom. The number of aliphatic hydroxyl groups excluding tert-OH is 2. The van der Waals surface area contributed by atoms with E-state index in [1.54, 1.807) is 4.90 Å². The van der Waals surface area contributed by atoms with Crippen LogP contribution in [0.2, 0.25) is 0 Å². The molecule has 1 aliphatic heterocycles. The van der Waals surface area contributed by atoms with Crippen molar-refractivity contribution in [2.75, 3.05) is 40.4 Å². The minimum atomic E-state index is -2.75. The van der Waals surface area contributed by atoms with E-state index in [1.807, 2.05) is 0 Å². The standard InChI is InChI=1S/C29H33N5O9/c1-33(2)21-17-11-14-10-16-15(12-32-28(41)34-5-7-43-8-6-34)9-13(3-4-30)22(35)19(16)23(36)18(14)25(38)29(17,42)26(39)20(24(21)37)27(31)40/h9,14,17,21,35-36,39,42H,5-8,10-12,30H2,1-2H3,(H2,31,40)(H,32,41)/t14-,17-,21-,29-/m0/s1. The number of aliphatic hydroxyl groups is 3. The Balaban J connectivity index is 1.63. The number of likely N-dealkylation sites (N-methyl/N-ethyl adjacent to an activating group) is 1. The average Bonchev–Trinajstić information content (AvgIpc) is 2.95. The minimum absolute atomic E-state index is 0.0149. The summed E-state index contributed by atoms with van der Waals surface area (Å²) < 4.78 is 5.29. The van der Waals surface area contributed by atoms with Crippen molar-refractivity contribution in [2.45, 2.75) is 31.0 Å². The molecule has 43 heavy (non-hydrogen) atoms. The van der Waals surface area contributed by atoms with E-state index in [2.05, 4.69) is 17.3 Å². The number of hydrogen-bond acceptors (Lipinski definition) is 11. The quantitative estimate of drug-likeness (QED) is 0.124. The number of amides is 3. The van der Waals surface area contributed by atoms with Gasteiger partial charge in [-0.2, -0.15) is 0 Å². The second-order valence-corrected chi connectivity index (χ2v) is 11.3. The number of fused-ring (bicyclic) bond motifs is 3. The number of hydrogen-bond donors (Lipinski definition) is 7. The molecule has 0 spiro atoms. The molecule has 1 heterocycles. The molecule has 0 radical (unpaired) electrons. The number of nitrogens with one attached hydrogen (secondary N) is 1. The van der Waals surface area contributed by atoms with Crippen molar-refractivity contribution in [1.29, 1.82) is 0 Å². The zero-order chi connectivity index (χ0) is 31.4. The number of carbonyl (C=O) groups excluding carboxylic acids is 4. The van der Waals surface area contributed by atoms with E-state index >= 15 is 0 Å². The van der Waals surface area contributed by atoms with Crippen LogP contribution in [-0.2, 0) is 32.1 Å². The highest BCUT2D eigenvalue weighted by atomic mass is 16.5. The third kappa shape index (κ3) is 4.56. The van der Waals surface area contributed by atoms with Crippen LogP contribution < -0.4 is 16.8 Å². The number of benzene rings is 1. The summed E-state index contributed by atoms with van der Waals surface area (Å²) in [6.07, 6.45) is 0.0116. The lowest BCUT2D eigenvalue weighted by molar-refractivity contribution is -0.153. The Morgan fingerprint density at radius 3 is 2.49 bits per heavy atom. The molecule has 0 aromatic heterocycles. The number of nitrogens with zero attached hydrogens (tertiary/aromatic N) is 2. The van der Waals surface area contributed by atoms with Gasteiger partial charge in [0.15, 0.2) is 11.4 Å². The number of Topliss-reactive ketones (excluding diaryl/α,β-unsaturated/α-hetero) is 2. The van der Waals surface area contributed by atoms with Crippen LogP contribution in [0.1, 0.15) is 28.7 Å². The molecule has 1 aromatic rings. The number of rotatable bonds is 4. The van der Waals surface area contributed by atoms with Crippen LogP contribution in [0.3, 0.4) is 0 Å². The van der Waals surface area contributed by atoms with E-state index in [4.69, 9.17) is 16.2 Å². The topological polar surface area (TPSA) is 229 Å². The number of aromatic hydroxyl groups is 1. The number of urea groups is 1. The van der Waals surface area contributed by atoms with Crippen molar-refractivity contribution >= 4 is 29.3 Å². The molecule has 0 unspecified atom stereocenters. The van der Waals surface area contributed by atoms with Crippen LogP contribution in [0.5, 0.6) is 5.75 Å². The zero-order valence-electron chi connectivity index (χ0n) is 23.6. The maximum Gasteiger partial charge on any atom is 0.317 e. The van der Waals surface area contributed by atoms with Gasteiger partial charge in [-0.1, -0.05) is 0 Å². The summed E-state index contributed by atoms with van der Waals surface area (Å²) in [6.45, 7) is 1.62. The van der Waals surface area contributed by atoms with E-state index in [9.17, 15) is 39.6 Å². The molecule has 4 atom stereocenters. The smallest absolute Gasteiger partial charge is 0.317 e. The third-order valence-corrected chi connectivity index (χ3v) is 8.75. The molecule has 1 saturated heterocycles. The number of ether oxygens (including phenoxy) is 1. The van der Waals surface area contributed by atoms with E-state index in [-0.39, 0.29) is 42.1 Å². The Labute approximate surface area is 246 Å². The molecule has 3 amide bonds. The second kappa shape index (κ2) is 10.9. The van der Waals surface area contributed by atoms with Crippen molar-refractivity contribution < 1.29 is 44.3 Å². The molecule has 14 nitrogen and oxygen atoms in total.